The lowest BCUT2D eigenvalue weighted by Crippen LogP contribution is -2.33. The molecule has 0 aromatic heterocycles. The maximum atomic E-state index is 14.1. The number of amides is 1. The summed E-state index contributed by atoms with van der Waals surface area (Å²) < 4.78 is 24.1. The van der Waals surface area contributed by atoms with Crippen molar-refractivity contribution in [1.82, 2.24) is 5.32 Å². The highest BCUT2D eigenvalue weighted by molar-refractivity contribution is 6.32. The van der Waals surface area contributed by atoms with Crippen LogP contribution in [0.25, 0.3) is 0 Å². The minimum absolute atomic E-state index is 0.0976. The first-order valence-corrected chi connectivity index (χ1v) is 6.65. The van der Waals surface area contributed by atoms with Gasteiger partial charge in [-0.1, -0.05) is 17.7 Å². The summed E-state index contributed by atoms with van der Waals surface area (Å²) in [5.41, 5.74) is -2.27. The summed E-state index contributed by atoms with van der Waals surface area (Å²) in [7, 11) is 0. The molecule has 2 N–H and O–H groups in total. The summed E-state index contributed by atoms with van der Waals surface area (Å²) in [6.07, 6.45) is -1.55. The molecule has 0 saturated heterocycles. The summed E-state index contributed by atoms with van der Waals surface area (Å²) in [5.74, 6) is -3.91. The lowest BCUT2D eigenvalue weighted by atomic mass is 9.91. The fourth-order valence-electron chi connectivity index (χ4n) is 2.15. The zero-order valence-electron chi connectivity index (χ0n) is 12.0. The van der Waals surface area contributed by atoms with Crippen LogP contribution in [0.1, 0.15) is 19.4 Å². The lowest BCUT2D eigenvalue weighted by molar-refractivity contribution is -0.142. The van der Waals surface area contributed by atoms with Crippen molar-refractivity contribution in [2.24, 2.45) is 0 Å². The van der Waals surface area contributed by atoms with Crippen LogP contribution in [-0.2, 0) is 24.7 Å². The SMILES string of the molecule is CC(=O)OC1=C(NC(=O)O)OC(C)(c2c(F)cccc2Cl)C1=O. The van der Waals surface area contributed by atoms with Crippen LogP contribution in [0.15, 0.2) is 29.8 Å². The molecule has 1 aromatic rings. The van der Waals surface area contributed by atoms with Gasteiger partial charge in [-0.15, -0.1) is 0 Å². The summed E-state index contributed by atoms with van der Waals surface area (Å²) in [4.78, 5) is 34.5. The van der Waals surface area contributed by atoms with E-state index in [2.05, 4.69) is 0 Å². The Morgan fingerprint density at radius 3 is 2.61 bits per heavy atom. The maximum absolute atomic E-state index is 14.1. The number of ketones is 1. The summed E-state index contributed by atoms with van der Waals surface area (Å²) in [6.45, 7) is 2.21. The normalized spacial score (nSPS) is 20.3. The van der Waals surface area contributed by atoms with E-state index in [1.165, 1.54) is 19.1 Å². The first kappa shape index (κ1) is 16.8. The van der Waals surface area contributed by atoms with Crippen LogP contribution in [0.3, 0.4) is 0 Å². The highest BCUT2D eigenvalue weighted by atomic mass is 35.5. The first-order valence-electron chi connectivity index (χ1n) is 6.27. The molecule has 23 heavy (non-hydrogen) atoms. The zero-order chi connectivity index (χ0) is 17.4. The van der Waals surface area contributed by atoms with E-state index >= 15 is 0 Å². The molecular formula is C14H11ClFNO6. The van der Waals surface area contributed by atoms with Crippen molar-refractivity contribution >= 4 is 29.4 Å². The maximum Gasteiger partial charge on any atom is 0.411 e. The van der Waals surface area contributed by atoms with Gasteiger partial charge in [0.25, 0.3) is 5.78 Å². The van der Waals surface area contributed by atoms with Gasteiger partial charge < -0.3 is 14.6 Å². The molecule has 0 fully saturated rings. The van der Waals surface area contributed by atoms with E-state index in [9.17, 15) is 18.8 Å². The van der Waals surface area contributed by atoms with Gasteiger partial charge in [-0.25, -0.2) is 9.18 Å². The number of carbonyl (C=O) groups excluding carboxylic acids is 2. The van der Waals surface area contributed by atoms with Crippen LogP contribution in [0, 0.1) is 5.82 Å². The van der Waals surface area contributed by atoms with Gasteiger partial charge >= 0.3 is 12.1 Å². The second-order valence-corrected chi connectivity index (χ2v) is 5.15. The van der Waals surface area contributed by atoms with Crippen molar-refractivity contribution < 1.29 is 33.4 Å². The zero-order valence-corrected chi connectivity index (χ0v) is 12.7. The number of hydrogen-bond acceptors (Lipinski definition) is 5. The Balaban J connectivity index is 2.54. The molecule has 0 saturated carbocycles. The molecule has 0 spiro atoms. The van der Waals surface area contributed by atoms with Crippen LogP contribution in [0.5, 0.6) is 0 Å². The molecule has 1 aliphatic rings. The van der Waals surface area contributed by atoms with Gasteiger partial charge in [-0.3, -0.25) is 14.9 Å². The Bertz CT molecular complexity index is 727. The fourth-order valence-corrected chi connectivity index (χ4v) is 2.49. The Morgan fingerprint density at radius 1 is 1.43 bits per heavy atom. The average molecular weight is 344 g/mol. The first-order chi connectivity index (χ1) is 10.7. The predicted octanol–water partition coefficient (Wildman–Crippen LogP) is 2.29. The second kappa shape index (κ2) is 5.88. The highest BCUT2D eigenvalue weighted by Crippen LogP contribution is 2.42. The van der Waals surface area contributed by atoms with E-state index in [0.717, 1.165) is 13.0 Å². The number of nitrogens with one attached hydrogen (secondary N) is 1. The number of benzene rings is 1. The molecular weight excluding hydrogens is 333 g/mol. The Hall–Kier alpha value is -2.61. The molecule has 1 atom stereocenters. The van der Waals surface area contributed by atoms with Crippen LogP contribution in [-0.4, -0.2) is 23.0 Å². The van der Waals surface area contributed by atoms with E-state index in [1.54, 1.807) is 5.32 Å². The smallest absolute Gasteiger partial charge is 0.411 e. The summed E-state index contributed by atoms with van der Waals surface area (Å²) in [5, 5.41) is 10.5. The van der Waals surface area contributed by atoms with Crippen molar-refractivity contribution in [3.05, 3.63) is 46.2 Å². The van der Waals surface area contributed by atoms with E-state index in [4.69, 9.17) is 26.2 Å². The molecule has 1 unspecified atom stereocenters. The van der Waals surface area contributed by atoms with Crippen LogP contribution in [0.2, 0.25) is 5.02 Å². The average Bonchev–Trinajstić information content (AvgIpc) is 2.62. The molecule has 2 rings (SSSR count). The third-order valence-corrected chi connectivity index (χ3v) is 3.37. The van der Waals surface area contributed by atoms with Crippen molar-refractivity contribution in [3.8, 4) is 0 Å². The Morgan fingerprint density at radius 2 is 2.09 bits per heavy atom. The minimum Gasteiger partial charge on any atom is -0.465 e. The van der Waals surface area contributed by atoms with E-state index < -0.39 is 40.9 Å². The van der Waals surface area contributed by atoms with Gasteiger partial charge in [-0.05, 0) is 19.1 Å². The van der Waals surface area contributed by atoms with Crippen LogP contribution >= 0.6 is 11.6 Å². The quantitative estimate of drug-likeness (QED) is 0.816. The second-order valence-electron chi connectivity index (χ2n) is 4.74. The molecule has 122 valence electrons. The number of Topliss-reactive ketones (excluding diaryl/α,β-unsaturated/α-hetero) is 1. The van der Waals surface area contributed by atoms with Gasteiger partial charge in [0.2, 0.25) is 17.2 Å². The monoisotopic (exact) mass is 343 g/mol. The highest BCUT2D eigenvalue weighted by Gasteiger charge is 2.52. The number of carboxylic acid groups (broad SMARTS) is 1. The van der Waals surface area contributed by atoms with Gasteiger partial charge in [-0.2, -0.15) is 0 Å². The molecule has 1 amide bonds. The van der Waals surface area contributed by atoms with Crippen LogP contribution < -0.4 is 5.32 Å². The number of ether oxygens (including phenoxy) is 2. The van der Waals surface area contributed by atoms with E-state index in [0.29, 0.717) is 0 Å². The van der Waals surface area contributed by atoms with Gasteiger partial charge in [0.1, 0.15) is 5.82 Å². The van der Waals surface area contributed by atoms with Gasteiger partial charge in [0, 0.05) is 6.92 Å². The van der Waals surface area contributed by atoms with Gasteiger partial charge in [0.05, 0.1) is 10.6 Å². The molecule has 1 heterocycles. The third kappa shape index (κ3) is 2.98. The van der Waals surface area contributed by atoms with Crippen molar-refractivity contribution in [2.75, 3.05) is 0 Å². The largest absolute Gasteiger partial charge is 0.465 e. The summed E-state index contributed by atoms with van der Waals surface area (Å²) >= 11 is 5.94. The fraction of sp³-hybridized carbons (Fsp3) is 0.214. The number of carbonyl (C=O) groups is 3. The number of esters is 1. The Kier molecular flexibility index (Phi) is 4.28. The molecule has 0 radical (unpaired) electrons. The molecule has 1 aliphatic heterocycles. The molecule has 1 aromatic carbocycles. The third-order valence-electron chi connectivity index (χ3n) is 3.06. The molecule has 0 bridgehead atoms. The molecule has 7 nitrogen and oxygen atoms in total. The van der Waals surface area contributed by atoms with E-state index in [-0.39, 0.29) is 10.6 Å². The standard InChI is InChI=1S/C14H11ClFNO6/c1-6(18)22-10-11(19)14(2,23-12(10)17-13(20)21)9-7(15)4-3-5-8(9)16/h3-5,17H,1-2H3,(H,20,21). The predicted molar refractivity (Wildman–Crippen MR) is 74.8 cm³/mol. The summed E-state index contributed by atoms with van der Waals surface area (Å²) in [6, 6.07) is 3.74. The van der Waals surface area contributed by atoms with Crippen molar-refractivity contribution in [3.63, 3.8) is 0 Å². The number of rotatable bonds is 3. The topological polar surface area (TPSA) is 102 Å². The van der Waals surface area contributed by atoms with Crippen molar-refractivity contribution in [2.45, 2.75) is 19.4 Å². The number of hydrogen-bond donors (Lipinski definition) is 2. The lowest BCUT2D eigenvalue weighted by Gasteiger charge is -2.24. The minimum atomic E-state index is -1.98. The van der Waals surface area contributed by atoms with Crippen LogP contribution in [0.4, 0.5) is 9.18 Å². The molecule has 0 aliphatic carbocycles. The Labute approximate surface area is 134 Å². The molecule has 9 heteroatoms. The van der Waals surface area contributed by atoms with Gasteiger partial charge in [0.15, 0.2) is 0 Å². The van der Waals surface area contributed by atoms with Crippen molar-refractivity contribution in [1.29, 1.82) is 0 Å². The number of halogens is 2. The van der Waals surface area contributed by atoms with E-state index in [1.807, 2.05) is 0 Å².